The fraction of sp³-hybridized carbons (Fsp3) is 0.294. The van der Waals surface area contributed by atoms with Crippen LogP contribution in [0, 0.1) is 0 Å². The highest BCUT2D eigenvalue weighted by Gasteiger charge is 2.54. The summed E-state index contributed by atoms with van der Waals surface area (Å²) in [7, 11) is 1.33. The SMILES string of the molecule is C=CC1=C(C(=O)OC(c2ccccc2)c2ccccc2)N2C(=O)[C@@H](NC(=O)C(C=NOC)c3csc(NC(=O)OC(C)(C)C)n3)[C@H]2SC1. The molecule has 3 atom stereocenters. The van der Waals surface area contributed by atoms with Gasteiger partial charge in [-0.25, -0.2) is 14.6 Å². The van der Waals surface area contributed by atoms with Crippen molar-refractivity contribution >= 4 is 58.3 Å². The molecule has 0 saturated carbocycles. The zero-order chi connectivity index (χ0) is 34.4. The number of carbonyl (C=O) groups excluding carboxylic acids is 4. The molecule has 0 aliphatic carbocycles. The maximum absolute atomic E-state index is 13.9. The Bertz CT molecular complexity index is 1700. The highest BCUT2D eigenvalue weighted by atomic mass is 32.2. The minimum Gasteiger partial charge on any atom is -0.448 e. The Hall–Kier alpha value is -4.95. The highest BCUT2D eigenvalue weighted by Crippen LogP contribution is 2.42. The normalized spacial score (nSPS) is 18.1. The van der Waals surface area contributed by atoms with Gasteiger partial charge in [0.25, 0.3) is 5.91 Å². The van der Waals surface area contributed by atoms with Crippen LogP contribution in [-0.4, -0.2) is 69.9 Å². The minimum absolute atomic E-state index is 0.0935. The highest BCUT2D eigenvalue weighted by molar-refractivity contribution is 8.00. The molecule has 1 saturated heterocycles. The zero-order valence-corrected chi connectivity index (χ0v) is 28.4. The fourth-order valence-electron chi connectivity index (χ4n) is 5.06. The lowest BCUT2D eigenvalue weighted by molar-refractivity contribution is -0.154. The predicted molar refractivity (Wildman–Crippen MR) is 183 cm³/mol. The van der Waals surface area contributed by atoms with E-state index >= 15 is 0 Å². The van der Waals surface area contributed by atoms with Crippen molar-refractivity contribution in [1.82, 2.24) is 15.2 Å². The number of hydrogen-bond donors (Lipinski definition) is 2. The number of anilines is 1. The second kappa shape index (κ2) is 14.9. The number of thiazole rings is 1. The summed E-state index contributed by atoms with van der Waals surface area (Å²) in [6.07, 6.45) is 1.39. The molecule has 2 aliphatic rings. The number of β-lactam (4-membered cyclic amide) rings is 1. The smallest absolute Gasteiger partial charge is 0.413 e. The Labute approximate surface area is 286 Å². The third-order valence-electron chi connectivity index (χ3n) is 7.21. The van der Waals surface area contributed by atoms with Crippen LogP contribution in [0.2, 0.25) is 0 Å². The summed E-state index contributed by atoms with van der Waals surface area (Å²) in [5, 5.41) is 10.3. The van der Waals surface area contributed by atoms with E-state index < -0.39 is 52.9 Å². The lowest BCUT2D eigenvalue weighted by Crippen LogP contribution is -2.71. The number of amides is 3. The number of benzene rings is 2. The van der Waals surface area contributed by atoms with Crippen molar-refractivity contribution in [3.63, 3.8) is 0 Å². The molecule has 2 aliphatic heterocycles. The van der Waals surface area contributed by atoms with E-state index in [2.05, 4.69) is 27.4 Å². The Morgan fingerprint density at radius 1 is 1.08 bits per heavy atom. The van der Waals surface area contributed by atoms with Gasteiger partial charge < -0.3 is 19.6 Å². The number of fused-ring (bicyclic) bond motifs is 1. The van der Waals surface area contributed by atoms with Gasteiger partial charge >= 0.3 is 12.1 Å². The third kappa shape index (κ3) is 7.77. The van der Waals surface area contributed by atoms with E-state index in [1.54, 1.807) is 32.2 Å². The first-order valence-corrected chi connectivity index (χ1v) is 16.9. The molecular formula is C34H35N5O7S2. The van der Waals surface area contributed by atoms with Crippen LogP contribution in [0.5, 0.6) is 0 Å². The van der Waals surface area contributed by atoms with Gasteiger partial charge in [0.1, 0.15) is 35.7 Å². The van der Waals surface area contributed by atoms with Gasteiger partial charge in [0.05, 0.1) is 11.9 Å². The predicted octanol–water partition coefficient (Wildman–Crippen LogP) is 5.38. The number of esters is 1. The van der Waals surface area contributed by atoms with E-state index in [-0.39, 0.29) is 16.5 Å². The molecule has 1 unspecified atom stereocenters. The fourth-order valence-corrected chi connectivity index (χ4v) is 7.13. The van der Waals surface area contributed by atoms with Crippen LogP contribution >= 0.6 is 23.1 Å². The average molecular weight is 690 g/mol. The lowest BCUT2D eigenvalue weighted by atomic mass is 9.99. The molecule has 3 heterocycles. The van der Waals surface area contributed by atoms with E-state index in [9.17, 15) is 19.2 Å². The molecular weight excluding hydrogens is 655 g/mol. The van der Waals surface area contributed by atoms with Crippen LogP contribution in [0.1, 0.15) is 49.6 Å². The van der Waals surface area contributed by atoms with E-state index in [1.807, 2.05) is 60.7 Å². The van der Waals surface area contributed by atoms with Crippen molar-refractivity contribution in [3.05, 3.63) is 107 Å². The first-order chi connectivity index (χ1) is 23.0. The number of allylic oxidation sites excluding steroid dienone is 1. The van der Waals surface area contributed by atoms with E-state index in [0.29, 0.717) is 11.3 Å². The maximum Gasteiger partial charge on any atom is 0.413 e. The van der Waals surface area contributed by atoms with Crippen LogP contribution in [0.3, 0.4) is 0 Å². The molecule has 3 amide bonds. The summed E-state index contributed by atoms with van der Waals surface area (Å²) >= 11 is 2.49. The first-order valence-electron chi connectivity index (χ1n) is 14.9. The molecule has 14 heteroatoms. The van der Waals surface area contributed by atoms with Crippen molar-refractivity contribution in [3.8, 4) is 0 Å². The van der Waals surface area contributed by atoms with Gasteiger partial charge in [-0.2, -0.15) is 0 Å². The van der Waals surface area contributed by atoms with Gasteiger partial charge in [0.2, 0.25) is 5.91 Å². The number of nitrogens with one attached hydrogen (secondary N) is 2. The summed E-state index contributed by atoms with van der Waals surface area (Å²) in [5.41, 5.74) is 1.76. The van der Waals surface area contributed by atoms with Crippen molar-refractivity contribution in [2.24, 2.45) is 5.16 Å². The van der Waals surface area contributed by atoms with E-state index in [4.69, 9.17) is 14.3 Å². The summed E-state index contributed by atoms with van der Waals surface area (Å²) in [5.74, 6) is -2.40. The van der Waals surface area contributed by atoms with Crippen LogP contribution < -0.4 is 10.6 Å². The Morgan fingerprint density at radius 3 is 2.31 bits per heavy atom. The molecule has 5 rings (SSSR count). The van der Waals surface area contributed by atoms with Crippen LogP contribution in [0.15, 0.2) is 95.1 Å². The van der Waals surface area contributed by atoms with Crippen LogP contribution in [-0.2, 0) is 28.7 Å². The van der Waals surface area contributed by atoms with Gasteiger partial charge in [-0.1, -0.05) is 78.5 Å². The van der Waals surface area contributed by atoms with E-state index in [0.717, 1.165) is 22.5 Å². The molecule has 1 fully saturated rings. The van der Waals surface area contributed by atoms with Gasteiger partial charge in [0, 0.05) is 11.1 Å². The zero-order valence-electron chi connectivity index (χ0n) is 26.7. The molecule has 2 aromatic carbocycles. The molecule has 0 spiro atoms. The number of aromatic nitrogens is 1. The van der Waals surface area contributed by atoms with Gasteiger partial charge in [-0.05, 0) is 37.5 Å². The average Bonchev–Trinajstić information content (AvgIpc) is 3.52. The molecule has 250 valence electrons. The molecule has 12 nitrogen and oxygen atoms in total. The van der Waals surface area contributed by atoms with Gasteiger partial charge in [-0.3, -0.25) is 19.8 Å². The number of hydrogen-bond acceptors (Lipinski definition) is 11. The summed E-state index contributed by atoms with van der Waals surface area (Å²) in [6, 6.07) is 17.8. The van der Waals surface area contributed by atoms with Gasteiger partial charge in [0.15, 0.2) is 11.2 Å². The minimum atomic E-state index is -1.05. The Kier molecular flexibility index (Phi) is 10.6. The number of nitrogens with zero attached hydrogens (tertiary/aromatic N) is 3. The topological polar surface area (TPSA) is 149 Å². The van der Waals surface area contributed by atoms with E-state index in [1.165, 1.54) is 30.0 Å². The van der Waals surface area contributed by atoms with Crippen molar-refractivity contribution in [2.45, 2.75) is 49.8 Å². The summed E-state index contributed by atoms with van der Waals surface area (Å²) < 4.78 is 11.4. The molecule has 2 N–H and O–H groups in total. The number of oxime groups is 1. The largest absolute Gasteiger partial charge is 0.448 e. The van der Waals surface area contributed by atoms with Crippen LogP contribution in [0.25, 0.3) is 0 Å². The van der Waals surface area contributed by atoms with Crippen molar-refractivity contribution in [1.29, 1.82) is 0 Å². The number of ether oxygens (including phenoxy) is 2. The van der Waals surface area contributed by atoms with Crippen molar-refractivity contribution in [2.75, 3.05) is 18.2 Å². The van der Waals surface area contributed by atoms with Gasteiger partial charge in [-0.15, -0.1) is 23.1 Å². The maximum atomic E-state index is 13.9. The summed E-state index contributed by atoms with van der Waals surface area (Å²) in [6.45, 7) is 9.07. The Balaban J connectivity index is 1.32. The number of thioether (sulfide) groups is 1. The van der Waals surface area contributed by atoms with Crippen LogP contribution in [0.4, 0.5) is 9.93 Å². The molecule has 0 radical (unpaired) electrons. The number of rotatable bonds is 11. The quantitative estimate of drug-likeness (QED) is 0.117. The first kappa shape index (κ1) is 34.4. The standard InChI is InChI=1S/C34H35N5O7S2/c1-6-20-18-47-30-25(37-28(40)23(17-35-44-5)24-19-48-32(36-24)38-33(43)46-34(2,3)4)29(41)39(30)26(20)31(42)45-27(21-13-9-7-10-14-21)22-15-11-8-12-16-22/h6-17,19,23,25,27,30H,1,18H2,2-5H3,(H,37,40)(H,36,38,43)/t23?,25-,30-/m1/s1. The molecule has 0 bridgehead atoms. The second-order valence-corrected chi connectivity index (χ2v) is 13.7. The number of carbonyl (C=O) groups is 4. The molecule has 3 aromatic rings. The molecule has 48 heavy (non-hydrogen) atoms. The second-order valence-electron chi connectivity index (χ2n) is 11.7. The molecule has 1 aromatic heterocycles. The lowest BCUT2D eigenvalue weighted by Gasteiger charge is -2.49. The Morgan fingerprint density at radius 2 is 1.73 bits per heavy atom. The van der Waals surface area contributed by atoms with Crippen molar-refractivity contribution < 1.29 is 33.5 Å². The monoisotopic (exact) mass is 689 g/mol. The third-order valence-corrected chi connectivity index (χ3v) is 9.29. The summed E-state index contributed by atoms with van der Waals surface area (Å²) in [4.78, 5) is 63.8.